The summed E-state index contributed by atoms with van der Waals surface area (Å²) < 4.78 is 1.87. The molecule has 44 valence electrons. The van der Waals surface area contributed by atoms with Crippen molar-refractivity contribution in [2.45, 2.75) is 5.16 Å². The molecule has 0 aliphatic carbocycles. The minimum Gasteiger partial charge on any atom is -0.193 e. The molecule has 1 heterocycles. The fraction of sp³-hybridized carbons (Fsp3) is 0.500. The molecule has 0 aromatic carbocycles. The topological polar surface area (TPSA) is 32.6 Å². The van der Waals surface area contributed by atoms with Crippen LogP contribution in [0.4, 0.5) is 0 Å². The van der Waals surface area contributed by atoms with Gasteiger partial charge in [0.1, 0.15) is 7.05 Å². The van der Waals surface area contributed by atoms with Gasteiger partial charge >= 0.3 is 5.16 Å². The van der Waals surface area contributed by atoms with Gasteiger partial charge in [0.05, 0.1) is 0 Å². The van der Waals surface area contributed by atoms with Gasteiger partial charge in [-0.25, -0.2) is 0 Å². The van der Waals surface area contributed by atoms with Gasteiger partial charge in [-0.1, -0.05) is 0 Å². The molecule has 0 spiro atoms. The Morgan fingerprint density at radius 1 is 1.88 bits per heavy atom. The summed E-state index contributed by atoms with van der Waals surface area (Å²) in [7, 11) is 1.93. The van der Waals surface area contributed by atoms with Gasteiger partial charge in [0.2, 0.25) is 6.33 Å². The van der Waals surface area contributed by atoms with Crippen molar-refractivity contribution in [1.29, 1.82) is 0 Å². The first-order valence-corrected chi connectivity index (χ1v) is 3.50. The summed E-state index contributed by atoms with van der Waals surface area (Å²) in [5.41, 5.74) is 0. The molecule has 0 amide bonds. The maximum atomic E-state index is 4.00. The fourth-order valence-electron chi connectivity index (χ4n) is 0.502. The molecule has 1 rings (SSSR count). The molecule has 0 bridgehead atoms. The Bertz CT molecular complexity index is 172. The predicted molar refractivity (Wildman–Crippen MR) is 31.5 cm³/mol. The van der Waals surface area contributed by atoms with Crippen LogP contribution in [-0.2, 0) is 7.05 Å². The van der Waals surface area contributed by atoms with E-state index in [0.717, 1.165) is 5.16 Å². The van der Waals surface area contributed by atoms with E-state index in [4.69, 9.17) is 0 Å². The molecule has 0 aliphatic heterocycles. The van der Waals surface area contributed by atoms with Crippen molar-refractivity contribution in [3.63, 3.8) is 0 Å². The van der Waals surface area contributed by atoms with Crippen molar-refractivity contribution in [2.24, 2.45) is 7.05 Å². The zero-order valence-electron chi connectivity index (χ0n) is 4.88. The van der Waals surface area contributed by atoms with Crippen molar-refractivity contribution < 1.29 is 4.68 Å². The normalized spacial score (nSPS) is 9.75. The van der Waals surface area contributed by atoms with Crippen molar-refractivity contribution in [3.8, 4) is 0 Å². The van der Waals surface area contributed by atoms with E-state index in [2.05, 4.69) is 10.1 Å². The molecule has 1 aromatic heterocycles. The molecule has 4 heteroatoms. The second kappa shape index (κ2) is 2.17. The maximum Gasteiger partial charge on any atom is 0.379 e. The monoisotopic (exact) mass is 130 g/mol. The number of H-pyrrole nitrogens is 1. The maximum absolute atomic E-state index is 4.00. The summed E-state index contributed by atoms with van der Waals surface area (Å²) in [6.45, 7) is 0. The standard InChI is InChI=1S/C4H7N3S/c1-7-4(8-2)5-3-6-7/h3H,1-2H3/p+1. The lowest BCUT2D eigenvalue weighted by Gasteiger charge is -1.79. The van der Waals surface area contributed by atoms with Crippen LogP contribution in [0.2, 0.25) is 0 Å². The number of aromatic amines is 1. The molecule has 0 fully saturated rings. The molecule has 0 radical (unpaired) electrons. The third kappa shape index (κ3) is 0.838. The number of rotatable bonds is 1. The zero-order valence-corrected chi connectivity index (χ0v) is 5.70. The average molecular weight is 130 g/mol. The van der Waals surface area contributed by atoms with Crippen molar-refractivity contribution in [2.75, 3.05) is 6.26 Å². The van der Waals surface area contributed by atoms with E-state index in [1.165, 1.54) is 0 Å². The second-order valence-corrected chi connectivity index (χ2v) is 2.21. The van der Waals surface area contributed by atoms with Gasteiger partial charge in [-0.15, -0.1) is 4.68 Å². The van der Waals surface area contributed by atoms with Gasteiger partial charge in [0.15, 0.2) is 0 Å². The number of aromatic nitrogens is 3. The lowest BCUT2D eigenvalue weighted by Crippen LogP contribution is -2.31. The number of hydrogen-bond acceptors (Lipinski definition) is 2. The number of thioether (sulfide) groups is 1. The van der Waals surface area contributed by atoms with Crippen LogP contribution >= 0.6 is 11.8 Å². The first-order valence-electron chi connectivity index (χ1n) is 2.28. The molecular weight excluding hydrogens is 122 g/mol. The Morgan fingerprint density at radius 2 is 2.62 bits per heavy atom. The third-order valence-corrected chi connectivity index (χ3v) is 1.64. The van der Waals surface area contributed by atoms with Crippen molar-refractivity contribution in [3.05, 3.63) is 6.33 Å². The highest BCUT2D eigenvalue weighted by molar-refractivity contribution is 7.98. The van der Waals surface area contributed by atoms with Gasteiger partial charge in [-0.2, -0.15) is 5.10 Å². The van der Waals surface area contributed by atoms with Gasteiger partial charge < -0.3 is 0 Å². The summed E-state index contributed by atoms with van der Waals surface area (Å²) in [4.78, 5) is 4.00. The Kier molecular flexibility index (Phi) is 1.53. The molecule has 1 N–H and O–H groups in total. The van der Waals surface area contributed by atoms with Gasteiger partial charge in [0.25, 0.3) is 0 Å². The van der Waals surface area contributed by atoms with Gasteiger partial charge in [-0.05, 0) is 23.0 Å². The van der Waals surface area contributed by atoms with Crippen LogP contribution in [0.3, 0.4) is 0 Å². The first kappa shape index (κ1) is 5.62. The van der Waals surface area contributed by atoms with Crippen LogP contribution in [0.5, 0.6) is 0 Å². The minimum absolute atomic E-state index is 1.00. The number of aryl methyl sites for hydroxylation is 1. The number of hydrogen-bond donors (Lipinski definition) is 1. The number of nitrogens with one attached hydrogen (secondary N) is 1. The summed E-state index contributed by atoms with van der Waals surface area (Å²) >= 11 is 1.62. The van der Waals surface area contributed by atoms with E-state index in [9.17, 15) is 0 Å². The lowest BCUT2D eigenvalue weighted by atomic mass is 11.2. The Labute approximate surface area is 52.1 Å². The van der Waals surface area contributed by atoms with Crippen LogP contribution in [0.15, 0.2) is 11.5 Å². The first-order chi connectivity index (χ1) is 3.84. The fourth-order valence-corrected chi connectivity index (χ4v) is 0.987. The quantitative estimate of drug-likeness (QED) is 0.427. The molecule has 0 saturated heterocycles. The van der Waals surface area contributed by atoms with E-state index in [-0.39, 0.29) is 0 Å². The van der Waals surface area contributed by atoms with E-state index < -0.39 is 0 Å². The molecule has 8 heavy (non-hydrogen) atoms. The average Bonchev–Trinajstić information content (AvgIpc) is 2.14. The largest absolute Gasteiger partial charge is 0.379 e. The molecule has 3 nitrogen and oxygen atoms in total. The third-order valence-electron chi connectivity index (χ3n) is 0.896. The summed E-state index contributed by atoms with van der Waals surface area (Å²) in [6.07, 6.45) is 3.67. The lowest BCUT2D eigenvalue weighted by molar-refractivity contribution is -0.763. The minimum atomic E-state index is 1.00. The van der Waals surface area contributed by atoms with Gasteiger partial charge in [0, 0.05) is 0 Å². The molecule has 0 unspecified atom stereocenters. The molecule has 0 aliphatic rings. The predicted octanol–water partition coefficient (Wildman–Crippen LogP) is -0.0439. The van der Waals surface area contributed by atoms with Crippen molar-refractivity contribution in [1.82, 2.24) is 10.1 Å². The van der Waals surface area contributed by atoms with E-state index in [0.29, 0.717) is 0 Å². The summed E-state index contributed by atoms with van der Waals surface area (Å²) in [5.74, 6) is 0. The zero-order chi connectivity index (χ0) is 5.98. The summed E-state index contributed by atoms with van der Waals surface area (Å²) in [5, 5.41) is 3.91. The molecular formula is C4H8N3S+. The highest BCUT2D eigenvalue weighted by atomic mass is 32.2. The van der Waals surface area contributed by atoms with Crippen LogP contribution in [-0.4, -0.2) is 16.3 Å². The number of nitrogens with zero attached hydrogens (tertiary/aromatic N) is 2. The molecule has 1 aromatic rings. The highest BCUT2D eigenvalue weighted by Crippen LogP contribution is 2.00. The second-order valence-electron chi connectivity index (χ2n) is 1.43. The summed E-state index contributed by atoms with van der Waals surface area (Å²) in [6, 6.07) is 0. The molecule has 0 atom stereocenters. The van der Waals surface area contributed by atoms with Crippen LogP contribution in [0, 0.1) is 0 Å². The van der Waals surface area contributed by atoms with E-state index in [1.54, 1.807) is 18.1 Å². The molecule has 0 saturated carbocycles. The van der Waals surface area contributed by atoms with E-state index in [1.807, 2.05) is 18.0 Å². The smallest absolute Gasteiger partial charge is 0.193 e. The SMILES string of the molecule is CSc1nc[nH][n+]1C. The van der Waals surface area contributed by atoms with Crippen LogP contribution < -0.4 is 4.68 Å². The van der Waals surface area contributed by atoms with Crippen molar-refractivity contribution >= 4 is 11.8 Å². The Balaban J connectivity index is 2.92. The van der Waals surface area contributed by atoms with Crippen LogP contribution in [0.25, 0.3) is 0 Å². The Morgan fingerprint density at radius 3 is 2.88 bits per heavy atom. The van der Waals surface area contributed by atoms with Gasteiger partial charge in [-0.3, -0.25) is 0 Å². The van der Waals surface area contributed by atoms with Crippen LogP contribution in [0.1, 0.15) is 0 Å². The highest BCUT2D eigenvalue weighted by Gasteiger charge is 2.04. The Hall–Kier alpha value is -0.510. The van der Waals surface area contributed by atoms with E-state index >= 15 is 0 Å².